The molecule has 11 aromatic rings. The van der Waals surface area contributed by atoms with Gasteiger partial charge in [-0.15, -0.1) is 0 Å². The normalized spacial score (nSPS) is 19.6. The fourth-order valence-corrected chi connectivity index (χ4v) is 7.63. The average Bonchev–Trinajstić information content (AvgIpc) is 1.52. The molecule has 1 aliphatic carbocycles. The Morgan fingerprint density at radius 2 is 0.985 bits per heavy atom. The van der Waals surface area contributed by atoms with Gasteiger partial charge in [0.05, 0.1) is 45.2 Å². The van der Waals surface area contributed by atoms with Crippen molar-refractivity contribution >= 4 is 72.9 Å². The van der Waals surface area contributed by atoms with E-state index in [0.29, 0.717) is 0 Å². The number of fused-ring (bicyclic) bond motifs is 9. The number of carbonyl (C=O) groups is 2. The monoisotopic (exact) mass is 894 g/mol. The van der Waals surface area contributed by atoms with E-state index >= 15 is 0 Å². The van der Waals surface area contributed by atoms with E-state index in [4.69, 9.17) is 33.5 Å². The van der Waals surface area contributed by atoms with Crippen LogP contribution in [0.3, 0.4) is 0 Å². The minimum Gasteiger partial charge on any atom is -0.456 e. The molecule has 9 heteroatoms. The topological polar surface area (TPSA) is 123 Å². The molecule has 66 heavy (non-hydrogen) atoms. The van der Waals surface area contributed by atoms with E-state index in [9.17, 15) is 40.7 Å². The zero-order chi connectivity index (χ0) is 73.2. The molecule has 2 heterocycles. The highest BCUT2D eigenvalue weighted by atomic mass is 17.1. The molecule has 0 atom stereocenters. The second-order valence-electron chi connectivity index (χ2n) is 13.8. The van der Waals surface area contributed by atoms with Crippen LogP contribution in [-0.4, -0.2) is 22.5 Å². The van der Waals surface area contributed by atoms with E-state index < -0.39 is 333 Å². The molecule has 0 spiro atoms. The van der Waals surface area contributed by atoms with E-state index in [1.165, 1.54) is 0 Å². The third-order valence-electron chi connectivity index (χ3n) is 10.4. The van der Waals surface area contributed by atoms with E-state index in [0.717, 1.165) is 0 Å². The van der Waals surface area contributed by atoms with Crippen LogP contribution in [0, 0.1) is 0 Å². The number of benzene rings is 9. The number of para-hydroxylation sites is 1. The molecule has 0 bridgehead atoms. The van der Waals surface area contributed by atoms with Crippen molar-refractivity contribution in [1.82, 2.24) is 0 Å². The predicted octanol–water partition coefficient (Wildman–Crippen LogP) is 14.3. The fourth-order valence-electron chi connectivity index (χ4n) is 7.63. The largest absolute Gasteiger partial charge is 0.456 e. The lowest BCUT2D eigenvalue weighted by atomic mass is 9.78. The maximum Gasteiger partial charge on any atom is 0.368 e. The Bertz CT molecular complexity index is 5580. The van der Waals surface area contributed by atoms with Crippen molar-refractivity contribution in [3.8, 4) is 44.5 Å². The van der Waals surface area contributed by atoms with Gasteiger partial charge in [0, 0.05) is 44.2 Å². The number of anilines is 3. The van der Waals surface area contributed by atoms with Gasteiger partial charge in [-0.2, -0.15) is 10.5 Å². The van der Waals surface area contributed by atoms with E-state index in [2.05, 4.69) is 9.78 Å². The van der Waals surface area contributed by atoms with E-state index in [-0.39, 0.29) is 4.90 Å². The maximum absolute atomic E-state index is 14.4. The number of carbonyl (C=O) groups excluding carboxylic acids is 2. The Morgan fingerprint density at radius 3 is 1.68 bits per heavy atom. The van der Waals surface area contributed by atoms with Crippen LogP contribution < -0.4 is 4.90 Å². The molecular weight excluding hydrogens is 827 g/mol. The minimum absolute atomic E-state index is 0.114. The summed E-state index contributed by atoms with van der Waals surface area (Å²) in [6.07, 6.45) is 0. The molecule has 0 saturated carbocycles. The van der Waals surface area contributed by atoms with Crippen LogP contribution in [0.5, 0.6) is 0 Å². The molecule has 2 aromatic heterocycles. The van der Waals surface area contributed by atoms with Crippen molar-refractivity contribution < 1.29 is 83.9 Å². The summed E-state index contributed by atoms with van der Waals surface area (Å²) in [4.78, 5) is 37.0. The van der Waals surface area contributed by atoms with Gasteiger partial charge in [-0.25, -0.2) is 9.59 Å². The van der Waals surface area contributed by atoms with E-state index in [1.54, 1.807) is 0 Å². The van der Waals surface area contributed by atoms with Gasteiger partial charge in [-0.05, 0) is 104 Å². The highest BCUT2D eigenvalue weighted by Gasteiger charge is 2.59. The molecular formula is C57H35NO8. The number of rotatable bonds is 8. The van der Waals surface area contributed by atoms with Crippen molar-refractivity contribution in [1.29, 1.82) is 0 Å². The Morgan fingerprint density at radius 1 is 0.455 bits per heavy atom. The van der Waals surface area contributed by atoms with E-state index in [1.807, 2.05) is 0 Å². The molecule has 2 N–H and O–H groups in total. The third-order valence-corrected chi connectivity index (χ3v) is 10.4. The Hall–Kier alpha value is -8.76. The summed E-state index contributed by atoms with van der Waals surface area (Å²) >= 11 is 0. The summed E-state index contributed by atoms with van der Waals surface area (Å²) in [7, 11) is 0. The quantitative estimate of drug-likeness (QED) is 0.0872. The first kappa shape index (κ1) is 17.7. The summed E-state index contributed by atoms with van der Waals surface area (Å²) in [6, 6.07) is -38.9. The number of furan rings is 2. The van der Waals surface area contributed by atoms with Crippen molar-refractivity contribution in [2.24, 2.45) is 0 Å². The van der Waals surface area contributed by atoms with Gasteiger partial charge in [0.2, 0.25) is 5.41 Å². The molecule has 0 aliphatic heterocycles. The van der Waals surface area contributed by atoms with Gasteiger partial charge in [-0.3, -0.25) is 9.78 Å². The maximum atomic E-state index is 14.4. The first-order valence-corrected chi connectivity index (χ1v) is 18.7. The standard InChI is InChI=1S/C57H35NO8/c59-55(65-61)57(56(60)66-62)47-17-9-7-15-42(47)43-29-27-41(32-48(43)57)58(39-25-23-37(24-26-39)35-13-5-2-6-14-35)40-28-30-50-45(31-40)46-33-51-53(44-16-8-10-18-49(44)63-51)52(54(46)64-50)38-21-19-36(20-22-38)34-11-3-1-4-12-34/h1-33,61-62H/i1D,2D,3D,4D,5D,6D,7D,8D,9D,10D,11D,12D,13D,14D,15D,16D,17D,18D,19D,20D,21D,22D,23D,24D,25D,26D,27D,28D,29D,30D,31D,32D,33D. The van der Waals surface area contributed by atoms with Crippen LogP contribution in [0.4, 0.5) is 17.1 Å². The number of hydrogen-bond donors (Lipinski definition) is 2. The van der Waals surface area contributed by atoms with Gasteiger partial charge in [0.15, 0.2) is 0 Å². The first-order chi connectivity index (χ1) is 46.2. The Kier molecular flexibility index (Phi) is 4.07. The second kappa shape index (κ2) is 15.2. The molecule has 0 saturated heterocycles. The second-order valence-corrected chi connectivity index (χ2v) is 13.8. The Balaban J connectivity index is 1.32. The molecule has 0 amide bonds. The van der Waals surface area contributed by atoms with Crippen molar-refractivity contribution in [2.75, 3.05) is 4.90 Å². The lowest BCUT2D eigenvalue weighted by Crippen LogP contribution is -2.45. The first-order valence-electron chi connectivity index (χ1n) is 35.2. The molecule has 9 nitrogen and oxygen atoms in total. The summed E-state index contributed by atoms with van der Waals surface area (Å²) in [5.74, 6) is -4.73. The van der Waals surface area contributed by atoms with Gasteiger partial charge in [0.1, 0.15) is 22.3 Å². The van der Waals surface area contributed by atoms with Crippen molar-refractivity contribution in [2.45, 2.75) is 5.41 Å². The lowest BCUT2D eigenvalue weighted by molar-refractivity contribution is -0.255. The lowest BCUT2D eigenvalue weighted by Gasteiger charge is -2.28. The SMILES string of the molecule is [2H]c1c([2H])c([2H])c(-c2c([2H])c([2H])c(-c3c4oc5c([2H])c([2H])c(N(c6c([2H])c([2H])c(-c7c([2H])c([2H])c([2H])c([2H])c7[2H])c([2H])c6[2H])c6c([2H])c([2H])c7c(c6[2H])C(C(=O)OO)(C(=O)OO)c6c([2H])c([2H])c([2H])c([2H])c6-7)c([2H])c5c4c([2H])c4oc5c([2H])c([2H])c([2H])c([2H])c5c34)c([2H])c2[2H])c([2H])c1[2H]. The summed E-state index contributed by atoms with van der Waals surface area (Å²) < 4.78 is 313. The smallest absolute Gasteiger partial charge is 0.368 e. The molecule has 0 unspecified atom stereocenters. The zero-order valence-corrected chi connectivity index (χ0v) is 32.3. The molecule has 316 valence electrons. The predicted molar refractivity (Wildman–Crippen MR) is 256 cm³/mol. The minimum atomic E-state index is -3.93. The van der Waals surface area contributed by atoms with Gasteiger partial charge < -0.3 is 13.7 Å². The number of nitrogens with zero attached hydrogens (tertiary/aromatic N) is 1. The highest BCUT2D eigenvalue weighted by molar-refractivity contribution is 6.24. The van der Waals surface area contributed by atoms with Crippen LogP contribution in [0.25, 0.3) is 88.4 Å². The zero-order valence-electron chi connectivity index (χ0n) is 65.3. The van der Waals surface area contributed by atoms with Crippen LogP contribution in [0.1, 0.15) is 56.4 Å². The molecule has 1 aliphatic rings. The van der Waals surface area contributed by atoms with Crippen LogP contribution in [-0.2, 0) is 24.8 Å². The third kappa shape index (κ3) is 5.81. The van der Waals surface area contributed by atoms with Crippen LogP contribution in [0.15, 0.2) is 208 Å². The summed E-state index contributed by atoms with van der Waals surface area (Å²) in [5.41, 5.74) is -22.2. The van der Waals surface area contributed by atoms with Gasteiger partial charge >= 0.3 is 11.9 Å². The fraction of sp³-hybridized carbons (Fsp3) is 0.0175. The summed E-state index contributed by atoms with van der Waals surface area (Å²) in [5, 5.41) is 17.3. The average molecular weight is 895 g/mol. The summed E-state index contributed by atoms with van der Waals surface area (Å²) in [6.45, 7) is 0. The van der Waals surface area contributed by atoms with Crippen molar-refractivity contribution in [3.63, 3.8) is 0 Å². The molecule has 0 fully saturated rings. The van der Waals surface area contributed by atoms with Gasteiger partial charge in [0.25, 0.3) is 0 Å². The van der Waals surface area contributed by atoms with Crippen molar-refractivity contribution in [3.05, 3.63) is 211 Å². The molecule has 0 radical (unpaired) electrons. The molecule has 12 rings (SSSR count). The number of hydrogen-bond acceptors (Lipinski definition) is 9. The van der Waals surface area contributed by atoms with Crippen LogP contribution in [0.2, 0.25) is 0 Å². The Labute approximate surface area is 422 Å². The molecule has 9 aromatic carbocycles. The highest BCUT2D eigenvalue weighted by Crippen LogP contribution is 2.53. The van der Waals surface area contributed by atoms with Crippen LogP contribution >= 0.6 is 0 Å². The van der Waals surface area contributed by atoms with Gasteiger partial charge in [-0.1, -0.05) is 145 Å².